The number of hydrogen-bond donors (Lipinski definition) is 2. The van der Waals surface area contributed by atoms with E-state index in [1.165, 1.54) is 0 Å². The first-order valence-corrected chi connectivity index (χ1v) is 4.38. The van der Waals surface area contributed by atoms with Crippen LogP contribution in [0.3, 0.4) is 0 Å². The molecular formula is C10H19NO2. The molecule has 76 valence electrons. The molecule has 1 unspecified atom stereocenters. The molecule has 0 heterocycles. The van der Waals surface area contributed by atoms with E-state index in [-0.39, 0.29) is 24.0 Å². The highest BCUT2D eigenvalue weighted by atomic mass is 16.3. The highest BCUT2D eigenvalue weighted by Crippen LogP contribution is 2.19. The molecule has 3 heteroatoms. The average Bonchev–Trinajstić information content (AvgIpc) is 2.04. The Bertz CT molecular complexity index is 209. The molecular weight excluding hydrogens is 166 g/mol. The van der Waals surface area contributed by atoms with Gasteiger partial charge in [0.2, 0.25) is 5.91 Å². The first-order chi connectivity index (χ1) is 5.81. The zero-order chi connectivity index (χ0) is 10.6. The Morgan fingerprint density at radius 2 is 2.08 bits per heavy atom. The van der Waals surface area contributed by atoms with Gasteiger partial charge in [-0.15, -0.1) is 0 Å². The molecule has 0 fully saturated rings. The lowest BCUT2D eigenvalue weighted by atomic mass is 9.86. The Labute approximate surface area is 79.8 Å². The Morgan fingerprint density at radius 3 is 2.38 bits per heavy atom. The van der Waals surface area contributed by atoms with Crippen molar-refractivity contribution in [2.45, 2.75) is 33.7 Å². The van der Waals surface area contributed by atoms with E-state index in [4.69, 9.17) is 5.11 Å². The van der Waals surface area contributed by atoms with Crippen LogP contribution in [0.4, 0.5) is 0 Å². The van der Waals surface area contributed by atoms with E-state index >= 15 is 0 Å². The van der Waals surface area contributed by atoms with E-state index in [0.717, 1.165) is 0 Å². The minimum Gasteiger partial charge on any atom is -0.396 e. The number of aliphatic hydroxyl groups excluding tert-OH is 1. The summed E-state index contributed by atoms with van der Waals surface area (Å²) in [6, 6.07) is -0.0679. The van der Waals surface area contributed by atoms with Gasteiger partial charge >= 0.3 is 0 Å². The van der Waals surface area contributed by atoms with Gasteiger partial charge in [-0.05, 0) is 13.8 Å². The summed E-state index contributed by atoms with van der Waals surface area (Å²) in [5.41, 5.74) is 0.186. The van der Waals surface area contributed by atoms with Crippen molar-refractivity contribution in [2.75, 3.05) is 6.61 Å². The molecule has 0 aromatic rings. The van der Waals surface area contributed by atoms with Gasteiger partial charge in [-0.25, -0.2) is 0 Å². The lowest BCUT2D eigenvalue weighted by molar-refractivity contribution is -0.118. The quantitative estimate of drug-likeness (QED) is 0.644. The van der Waals surface area contributed by atoms with Crippen molar-refractivity contribution in [3.05, 3.63) is 12.2 Å². The molecule has 13 heavy (non-hydrogen) atoms. The van der Waals surface area contributed by atoms with Crippen LogP contribution in [-0.4, -0.2) is 23.7 Å². The fourth-order valence-electron chi connectivity index (χ4n) is 0.652. The van der Waals surface area contributed by atoms with Gasteiger partial charge in [0.05, 0.1) is 6.61 Å². The maximum Gasteiger partial charge on any atom is 0.246 e. The van der Waals surface area contributed by atoms with Crippen LogP contribution in [0.1, 0.15) is 27.7 Å². The predicted molar refractivity (Wildman–Crippen MR) is 53.3 cm³/mol. The number of rotatable bonds is 4. The van der Waals surface area contributed by atoms with Gasteiger partial charge in [0.15, 0.2) is 0 Å². The normalized spacial score (nSPS) is 13.6. The van der Waals surface area contributed by atoms with Crippen LogP contribution < -0.4 is 5.32 Å². The first-order valence-electron chi connectivity index (χ1n) is 4.38. The van der Waals surface area contributed by atoms with Crippen molar-refractivity contribution in [1.82, 2.24) is 5.32 Å². The van der Waals surface area contributed by atoms with Crippen molar-refractivity contribution < 1.29 is 9.90 Å². The second kappa shape index (κ2) is 4.42. The van der Waals surface area contributed by atoms with Gasteiger partial charge in [0.25, 0.3) is 0 Å². The van der Waals surface area contributed by atoms with E-state index in [9.17, 15) is 4.79 Å². The Morgan fingerprint density at radius 1 is 1.62 bits per heavy atom. The molecule has 0 radical (unpaired) electrons. The zero-order valence-corrected chi connectivity index (χ0v) is 8.85. The third kappa shape index (κ3) is 3.59. The van der Waals surface area contributed by atoms with Crippen molar-refractivity contribution in [3.63, 3.8) is 0 Å². The van der Waals surface area contributed by atoms with Gasteiger partial charge in [0.1, 0.15) is 0 Å². The van der Waals surface area contributed by atoms with Crippen LogP contribution in [0, 0.1) is 5.41 Å². The number of hydrogen-bond acceptors (Lipinski definition) is 2. The summed E-state index contributed by atoms with van der Waals surface area (Å²) in [7, 11) is 0. The second-order valence-corrected chi connectivity index (χ2v) is 4.12. The van der Waals surface area contributed by atoms with Crippen LogP contribution in [0.15, 0.2) is 12.2 Å². The number of carbonyl (C=O) groups is 1. The highest BCUT2D eigenvalue weighted by molar-refractivity contribution is 5.92. The topological polar surface area (TPSA) is 49.3 Å². The predicted octanol–water partition coefficient (Wildman–Crippen LogP) is 1.09. The van der Waals surface area contributed by atoms with Gasteiger partial charge in [-0.2, -0.15) is 0 Å². The third-order valence-corrected chi connectivity index (χ3v) is 2.31. The van der Waals surface area contributed by atoms with Crippen molar-refractivity contribution in [2.24, 2.45) is 5.41 Å². The summed E-state index contributed by atoms with van der Waals surface area (Å²) >= 11 is 0. The van der Waals surface area contributed by atoms with Crippen LogP contribution in [0.5, 0.6) is 0 Å². The van der Waals surface area contributed by atoms with Crippen molar-refractivity contribution in [1.29, 1.82) is 0 Å². The Hall–Kier alpha value is -0.830. The van der Waals surface area contributed by atoms with Crippen molar-refractivity contribution in [3.8, 4) is 0 Å². The van der Waals surface area contributed by atoms with E-state index in [0.29, 0.717) is 5.57 Å². The number of nitrogens with one attached hydrogen (secondary N) is 1. The van der Waals surface area contributed by atoms with E-state index in [1.807, 2.05) is 20.8 Å². The monoisotopic (exact) mass is 185 g/mol. The molecule has 0 bridgehead atoms. The van der Waals surface area contributed by atoms with Crippen LogP contribution in [-0.2, 0) is 4.79 Å². The molecule has 3 nitrogen and oxygen atoms in total. The maximum absolute atomic E-state index is 11.2. The van der Waals surface area contributed by atoms with Crippen LogP contribution >= 0.6 is 0 Å². The minimum atomic E-state index is -0.300. The summed E-state index contributed by atoms with van der Waals surface area (Å²) in [6.07, 6.45) is 0. The summed E-state index contributed by atoms with van der Waals surface area (Å²) in [5.74, 6) is -0.158. The number of aliphatic hydroxyl groups is 1. The molecule has 0 aromatic heterocycles. The summed E-state index contributed by atoms with van der Waals surface area (Å²) in [5, 5.41) is 11.8. The molecule has 0 aromatic carbocycles. The molecule has 2 N–H and O–H groups in total. The van der Waals surface area contributed by atoms with Crippen molar-refractivity contribution >= 4 is 5.91 Å². The molecule has 0 rings (SSSR count). The first kappa shape index (κ1) is 12.2. The molecule has 0 saturated heterocycles. The van der Waals surface area contributed by atoms with Gasteiger partial charge in [-0.3, -0.25) is 4.79 Å². The standard InChI is InChI=1S/C10H19NO2/c1-7(2)9(13)11-8(3)10(4,5)6-12/h8,12H,1,6H2,2-5H3,(H,11,13). The Balaban J connectivity index is 4.23. The molecule has 0 saturated carbocycles. The maximum atomic E-state index is 11.2. The number of carbonyl (C=O) groups excluding carboxylic acids is 1. The lowest BCUT2D eigenvalue weighted by Gasteiger charge is -2.30. The fraction of sp³-hybridized carbons (Fsp3) is 0.700. The molecule has 1 amide bonds. The van der Waals surface area contributed by atoms with E-state index in [2.05, 4.69) is 11.9 Å². The molecule has 0 aliphatic rings. The zero-order valence-electron chi connectivity index (χ0n) is 8.85. The lowest BCUT2D eigenvalue weighted by Crippen LogP contribution is -2.44. The van der Waals surface area contributed by atoms with E-state index in [1.54, 1.807) is 6.92 Å². The van der Waals surface area contributed by atoms with Gasteiger partial charge < -0.3 is 10.4 Å². The van der Waals surface area contributed by atoms with Crippen LogP contribution in [0.25, 0.3) is 0 Å². The van der Waals surface area contributed by atoms with Gasteiger partial charge in [-0.1, -0.05) is 20.4 Å². The fourth-order valence-corrected chi connectivity index (χ4v) is 0.652. The minimum absolute atomic E-state index is 0.0463. The van der Waals surface area contributed by atoms with E-state index < -0.39 is 0 Å². The van der Waals surface area contributed by atoms with Gasteiger partial charge in [0, 0.05) is 17.0 Å². The summed E-state index contributed by atoms with van der Waals surface area (Å²) in [6.45, 7) is 10.9. The SMILES string of the molecule is C=C(C)C(=O)NC(C)C(C)(C)CO. The molecule has 0 spiro atoms. The largest absolute Gasteiger partial charge is 0.396 e. The third-order valence-electron chi connectivity index (χ3n) is 2.31. The van der Waals surface area contributed by atoms with Crippen LogP contribution in [0.2, 0.25) is 0 Å². The average molecular weight is 185 g/mol. The highest BCUT2D eigenvalue weighted by Gasteiger charge is 2.26. The molecule has 0 aliphatic heterocycles. The second-order valence-electron chi connectivity index (χ2n) is 4.12. The summed E-state index contributed by atoms with van der Waals surface area (Å²) in [4.78, 5) is 11.2. The molecule has 1 atom stereocenters. The number of amides is 1. The molecule has 0 aliphatic carbocycles. The summed E-state index contributed by atoms with van der Waals surface area (Å²) < 4.78 is 0. The smallest absolute Gasteiger partial charge is 0.246 e. The Kier molecular flexibility index (Phi) is 4.14.